The Morgan fingerprint density at radius 2 is 1.91 bits per heavy atom. The molecule has 2 nitrogen and oxygen atoms in total. The SMILES string of the molecule is Cc1ccc(NC(=S)NC2CCCc3ccccc32)cc1C. The molecule has 0 spiro atoms. The van der Waals surface area contributed by atoms with Gasteiger partial charge in [-0.15, -0.1) is 0 Å². The van der Waals surface area contributed by atoms with Crippen LogP contribution < -0.4 is 10.6 Å². The summed E-state index contributed by atoms with van der Waals surface area (Å²) in [6, 6.07) is 15.3. The summed E-state index contributed by atoms with van der Waals surface area (Å²) >= 11 is 5.50. The van der Waals surface area contributed by atoms with Gasteiger partial charge in [-0.3, -0.25) is 0 Å². The second kappa shape index (κ2) is 6.49. The minimum atomic E-state index is 0.316. The maximum atomic E-state index is 5.50. The third-order valence-corrected chi connectivity index (χ3v) is 4.66. The fourth-order valence-electron chi connectivity index (χ4n) is 3.05. The molecule has 3 heteroatoms. The number of anilines is 1. The minimum Gasteiger partial charge on any atom is -0.356 e. The Hall–Kier alpha value is -1.87. The molecule has 0 saturated carbocycles. The van der Waals surface area contributed by atoms with Gasteiger partial charge in [-0.2, -0.15) is 0 Å². The topological polar surface area (TPSA) is 24.1 Å². The highest BCUT2D eigenvalue weighted by molar-refractivity contribution is 7.80. The average Bonchev–Trinajstić information content (AvgIpc) is 2.51. The zero-order chi connectivity index (χ0) is 15.5. The molecule has 114 valence electrons. The first kappa shape index (κ1) is 15.0. The van der Waals surface area contributed by atoms with Crippen LogP contribution in [0.3, 0.4) is 0 Å². The van der Waals surface area contributed by atoms with E-state index in [0.717, 1.165) is 12.1 Å². The van der Waals surface area contributed by atoms with Gasteiger partial charge in [-0.25, -0.2) is 0 Å². The lowest BCUT2D eigenvalue weighted by Gasteiger charge is -2.27. The molecule has 0 aromatic heterocycles. The van der Waals surface area contributed by atoms with Crippen LogP contribution in [0.2, 0.25) is 0 Å². The number of rotatable bonds is 2. The summed E-state index contributed by atoms with van der Waals surface area (Å²) in [4.78, 5) is 0. The van der Waals surface area contributed by atoms with Crippen molar-refractivity contribution in [2.75, 3.05) is 5.32 Å². The molecular weight excluding hydrogens is 288 g/mol. The third-order valence-electron chi connectivity index (χ3n) is 4.44. The zero-order valence-corrected chi connectivity index (χ0v) is 14.0. The summed E-state index contributed by atoms with van der Waals surface area (Å²) in [6.45, 7) is 4.24. The van der Waals surface area contributed by atoms with Gasteiger partial charge in [-0.05, 0) is 79.7 Å². The van der Waals surface area contributed by atoms with Gasteiger partial charge in [0.1, 0.15) is 0 Å². The molecule has 0 fully saturated rings. The largest absolute Gasteiger partial charge is 0.356 e. The highest BCUT2D eigenvalue weighted by atomic mass is 32.1. The standard InChI is InChI=1S/C19H22N2S/c1-13-10-11-16(12-14(13)2)20-19(22)21-18-9-5-7-15-6-3-4-8-17(15)18/h3-4,6,8,10-12,18H,5,7,9H2,1-2H3,(H2,20,21,22). The fourth-order valence-corrected chi connectivity index (χ4v) is 3.31. The van der Waals surface area contributed by atoms with Gasteiger partial charge >= 0.3 is 0 Å². The Kier molecular flexibility index (Phi) is 4.44. The third kappa shape index (κ3) is 3.30. The number of aryl methyl sites for hydroxylation is 3. The summed E-state index contributed by atoms with van der Waals surface area (Å²) < 4.78 is 0. The average molecular weight is 310 g/mol. The molecule has 0 bridgehead atoms. The van der Waals surface area contributed by atoms with Crippen molar-refractivity contribution in [1.29, 1.82) is 0 Å². The van der Waals surface area contributed by atoms with Crippen LogP contribution in [0.5, 0.6) is 0 Å². The molecule has 1 aliphatic rings. The van der Waals surface area contributed by atoms with E-state index in [1.54, 1.807) is 0 Å². The predicted molar refractivity (Wildman–Crippen MR) is 97.4 cm³/mol. The van der Waals surface area contributed by atoms with Gasteiger partial charge in [0.2, 0.25) is 0 Å². The summed E-state index contributed by atoms with van der Waals surface area (Å²) in [5.41, 5.74) is 6.45. The minimum absolute atomic E-state index is 0.316. The molecular formula is C19H22N2S. The molecule has 3 rings (SSSR count). The first-order valence-corrected chi connectivity index (χ1v) is 8.27. The van der Waals surface area contributed by atoms with Crippen LogP contribution in [0.25, 0.3) is 0 Å². The van der Waals surface area contributed by atoms with E-state index in [0.29, 0.717) is 11.2 Å². The quantitative estimate of drug-likeness (QED) is 0.788. The van der Waals surface area contributed by atoms with Crippen molar-refractivity contribution in [1.82, 2.24) is 5.32 Å². The smallest absolute Gasteiger partial charge is 0.171 e. The van der Waals surface area contributed by atoms with Gasteiger partial charge in [-0.1, -0.05) is 30.3 Å². The van der Waals surface area contributed by atoms with Crippen LogP contribution in [0.15, 0.2) is 42.5 Å². The number of hydrogen-bond acceptors (Lipinski definition) is 1. The molecule has 1 unspecified atom stereocenters. The van der Waals surface area contributed by atoms with Gasteiger partial charge in [0.05, 0.1) is 6.04 Å². The lowest BCUT2D eigenvalue weighted by molar-refractivity contribution is 0.529. The lowest BCUT2D eigenvalue weighted by atomic mass is 9.88. The Labute approximate surface area is 137 Å². The second-order valence-electron chi connectivity index (χ2n) is 6.04. The van der Waals surface area contributed by atoms with Gasteiger partial charge in [0.25, 0.3) is 0 Å². The van der Waals surface area contributed by atoms with Crippen LogP contribution >= 0.6 is 12.2 Å². The molecule has 1 atom stereocenters. The molecule has 0 aliphatic heterocycles. The number of fused-ring (bicyclic) bond motifs is 1. The normalized spacial score (nSPS) is 16.7. The number of thiocarbonyl (C=S) groups is 1. The van der Waals surface area contributed by atoms with Crippen LogP contribution in [0, 0.1) is 13.8 Å². The molecule has 22 heavy (non-hydrogen) atoms. The summed E-state index contributed by atoms with van der Waals surface area (Å²) in [5, 5.41) is 7.49. The van der Waals surface area contributed by atoms with Gasteiger partial charge in [0, 0.05) is 5.69 Å². The molecule has 0 heterocycles. The van der Waals surface area contributed by atoms with E-state index in [4.69, 9.17) is 12.2 Å². The predicted octanol–water partition coefficient (Wildman–Crippen LogP) is 4.67. The van der Waals surface area contributed by atoms with Crippen molar-refractivity contribution in [3.8, 4) is 0 Å². The van der Waals surface area contributed by atoms with Crippen molar-refractivity contribution < 1.29 is 0 Å². The maximum Gasteiger partial charge on any atom is 0.171 e. The highest BCUT2D eigenvalue weighted by Crippen LogP contribution is 2.29. The Morgan fingerprint density at radius 1 is 1.09 bits per heavy atom. The van der Waals surface area contributed by atoms with E-state index >= 15 is 0 Å². The molecule has 0 amide bonds. The lowest BCUT2D eigenvalue weighted by Crippen LogP contribution is -2.34. The first-order valence-electron chi connectivity index (χ1n) is 7.86. The van der Waals surface area contributed by atoms with E-state index < -0.39 is 0 Å². The highest BCUT2D eigenvalue weighted by Gasteiger charge is 2.20. The fraction of sp³-hybridized carbons (Fsp3) is 0.316. The maximum absolute atomic E-state index is 5.50. The summed E-state index contributed by atoms with van der Waals surface area (Å²) in [5.74, 6) is 0. The Morgan fingerprint density at radius 3 is 2.73 bits per heavy atom. The molecule has 2 N–H and O–H groups in total. The van der Waals surface area contributed by atoms with Crippen molar-refractivity contribution in [2.45, 2.75) is 39.2 Å². The summed E-state index contributed by atoms with van der Waals surface area (Å²) in [6.07, 6.45) is 3.51. The molecule has 2 aromatic rings. The van der Waals surface area contributed by atoms with E-state index in [2.05, 4.69) is 66.9 Å². The molecule has 0 radical (unpaired) electrons. The van der Waals surface area contributed by atoms with E-state index in [1.165, 1.54) is 35.1 Å². The van der Waals surface area contributed by atoms with Crippen LogP contribution in [0.1, 0.15) is 41.1 Å². The molecule has 1 aliphatic carbocycles. The van der Waals surface area contributed by atoms with Gasteiger partial charge < -0.3 is 10.6 Å². The Bertz CT molecular complexity index is 694. The molecule has 0 saturated heterocycles. The van der Waals surface area contributed by atoms with E-state index in [9.17, 15) is 0 Å². The number of benzene rings is 2. The van der Waals surface area contributed by atoms with Gasteiger partial charge in [0.15, 0.2) is 5.11 Å². The number of nitrogens with one attached hydrogen (secondary N) is 2. The second-order valence-corrected chi connectivity index (χ2v) is 6.45. The molecule has 2 aromatic carbocycles. The number of hydrogen-bond donors (Lipinski definition) is 2. The summed E-state index contributed by atoms with van der Waals surface area (Å²) in [7, 11) is 0. The van der Waals surface area contributed by atoms with Crippen molar-refractivity contribution in [3.63, 3.8) is 0 Å². The van der Waals surface area contributed by atoms with Crippen LogP contribution in [-0.2, 0) is 6.42 Å². The monoisotopic (exact) mass is 310 g/mol. The van der Waals surface area contributed by atoms with Crippen LogP contribution in [-0.4, -0.2) is 5.11 Å². The van der Waals surface area contributed by atoms with E-state index in [-0.39, 0.29) is 0 Å². The Balaban J connectivity index is 1.69. The van der Waals surface area contributed by atoms with Crippen LogP contribution in [0.4, 0.5) is 5.69 Å². The van der Waals surface area contributed by atoms with E-state index in [1.807, 2.05) is 0 Å². The van der Waals surface area contributed by atoms with Crippen molar-refractivity contribution in [2.24, 2.45) is 0 Å². The van der Waals surface area contributed by atoms with Crippen molar-refractivity contribution in [3.05, 3.63) is 64.7 Å². The first-order chi connectivity index (χ1) is 10.6. The zero-order valence-electron chi connectivity index (χ0n) is 13.1. The van der Waals surface area contributed by atoms with Crippen molar-refractivity contribution >= 4 is 23.0 Å².